The van der Waals surface area contributed by atoms with Crippen LogP contribution in [0.3, 0.4) is 0 Å². The van der Waals surface area contributed by atoms with E-state index in [0.717, 1.165) is 51.2 Å². The maximum Gasteiger partial charge on any atom is 0.339 e. The summed E-state index contributed by atoms with van der Waals surface area (Å²) >= 11 is 0. The molecule has 3 heterocycles. The van der Waals surface area contributed by atoms with Crippen molar-refractivity contribution in [1.82, 2.24) is 14.2 Å². The maximum absolute atomic E-state index is 12.3. The molecule has 1 aliphatic carbocycles. The summed E-state index contributed by atoms with van der Waals surface area (Å²) in [6, 6.07) is 22.5. The molecule has 6 nitrogen and oxygen atoms in total. The average Bonchev–Trinajstić information content (AvgIpc) is 3.57. The molecule has 6 rings (SSSR count). The molecule has 0 radical (unpaired) electrons. The van der Waals surface area contributed by atoms with E-state index >= 15 is 0 Å². The molecule has 0 amide bonds. The number of rotatable bonds is 8. The van der Waals surface area contributed by atoms with Gasteiger partial charge in [0.05, 0.1) is 28.9 Å². The summed E-state index contributed by atoms with van der Waals surface area (Å²) in [4.78, 5) is 12.3. The lowest BCUT2D eigenvalue weighted by atomic mass is 10.1. The molecule has 1 saturated carbocycles. The van der Waals surface area contributed by atoms with Gasteiger partial charge in [0.15, 0.2) is 0 Å². The zero-order valence-corrected chi connectivity index (χ0v) is 20.6. The molecule has 0 bridgehead atoms. The first-order valence-electron chi connectivity index (χ1n) is 12.6. The summed E-state index contributed by atoms with van der Waals surface area (Å²) in [5, 5.41) is 6.08. The van der Waals surface area contributed by atoms with Gasteiger partial charge in [0.25, 0.3) is 0 Å². The Morgan fingerprint density at radius 1 is 1.06 bits per heavy atom. The lowest BCUT2D eigenvalue weighted by Crippen LogP contribution is -2.06. The zero-order chi connectivity index (χ0) is 24.6. The summed E-state index contributed by atoms with van der Waals surface area (Å²) in [5.74, 6) is 1.22. The fourth-order valence-corrected chi connectivity index (χ4v) is 4.84. The van der Waals surface area contributed by atoms with E-state index in [1.165, 1.54) is 12.8 Å². The fourth-order valence-electron chi connectivity index (χ4n) is 4.84. The van der Waals surface area contributed by atoms with Crippen LogP contribution in [0.2, 0.25) is 0 Å². The molecular formula is C30H29N3O3. The lowest BCUT2D eigenvalue weighted by Gasteiger charge is -2.13. The van der Waals surface area contributed by atoms with Gasteiger partial charge in [0, 0.05) is 23.7 Å². The number of hydrogen-bond acceptors (Lipinski definition) is 4. The van der Waals surface area contributed by atoms with Crippen LogP contribution in [0.15, 0.2) is 72.9 Å². The van der Waals surface area contributed by atoms with Crippen LogP contribution in [-0.4, -0.2) is 26.8 Å². The number of benzene rings is 2. The van der Waals surface area contributed by atoms with Gasteiger partial charge in [-0.25, -0.2) is 9.31 Å². The number of aryl methyl sites for hydroxylation is 1. The predicted octanol–water partition coefficient (Wildman–Crippen LogP) is 6.43. The standard InChI is InChI=1S/C30H29N3O3/c1-3-35-30(34)24-14-15-25-20(2)28(31-33(25)18-24)26-16-23-10-7-11-27(29(23)32(26)17-21-12-13-21)36-19-22-8-5-4-6-9-22/h4-11,14-16,18,21H,3,12-13,17,19H2,1-2H3. The minimum atomic E-state index is -0.336. The van der Waals surface area contributed by atoms with Gasteiger partial charge < -0.3 is 14.0 Å². The second-order valence-corrected chi connectivity index (χ2v) is 9.49. The van der Waals surface area contributed by atoms with E-state index in [2.05, 4.69) is 47.9 Å². The number of carbonyl (C=O) groups excluding carboxylic acids is 1. The van der Waals surface area contributed by atoms with E-state index in [-0.39, 0.29) is 5.97 Å². The molecular weight excluding hydrogens is 450 g/mol. The molecule has 5 aromatic rings. The van der Waals surface area contributed by atoms with E-state index in [0.29, 0.717) is 24.7 Å². The van der Waals surface area contributed by atoms with Crippen molar-refractivity contribution in [2.45, 2.75) is 39.8 Å². The van der Waals surface area contributed by atoms with Gasteiger partial charge in [-0.15, -0.1) is 0 Å². The number of hydrogen-bond donors (Lipinski definition) is 0. The Kier molecular flexibility index (Phi) is 5.72. The van der Waals surface area contributed by atoms with Crippen molar-refractivity contribution in [2.24, 2.45) is 5.92 Å². The fraction of sp³-hybridized carbons (Fsp3) is 0.267. The molecule has 0 N–H and O–H groups in total. The topological polar surface area (TPSA) is 57.8 Å². The average molecular weight is 480 g/mol. The molecule has 6 heteroatoms. The van der Waals surface area contributed by atoms with Crippen molar-refractivity contribution in [2.75, 3.05) is 6.61 Å². The quantitative estimate of drug-likeness (QED) is 0.241. The van der Waals surface area contributed by atoms with Gasteiger partial charge in [0.1, 0.15) is 18.1 Å². The smallest absolute Gasteiger partial charge is 0.339 e. The Morgan fingerprint density at radius 2 is 1.89 bits per heavy atom. The minimum absolute atomic E-state index is 0.336. The number of ether oxygens (including phenoxy) is 2. The summed E-state index contributed by atoms with van der Waals surface area (Å²) < 4.78 is 15.7. The predicted molar refractivity (Wildman–Crippen MR) is 140 cm³/mol. The van der Waals surface area contributed by atoms with Crippen LogP contribution in [0, 0.1) is 12.8 Å². The summed E-state index contributed by atoms with van der Waals surface area (Å²) in [6.45, 7) is 5.70. The number of carbonyl (C=O) groups is 1. The van der Waals surface area contributed by atoms with Crippen molar-refractivity contribution in [3.8, 4) is 17.1 Å². The molecule has 0 aliphatic heterocycles. The Morgan fingerprint density at radius 3 is 2.67 bits per heavy atom. The third kappa shape index (κ3) is 4.13. The molecule has 182 valence electrons. The van der Waals surface area contributed by atoms with Gasteiger partial charge in [-0.1, -0.05) is 42.5 Å². The highest BCUT2D eigenvalue weighted by Gasteiger charge is 2.27. The Bertz CT molecular complexity index is 1560. The molecule has 2 aromatic carbocycles. The first-order valence-corrected chi connectivity index (χ1v) is 12.6. The van der Waals surface area contributed by atoms with Crippen molar-refractivity contribution in [1.29, 1.82) is 0 Å². The largest absolute Gasteiger partial charge is 0.487 e. The number of para-hydroxylation sites is 1. The van der Waals surface area contributed by atoms with E-state index in [1.807, 2.05) is 31.2 Å². The molecule has 3 aromatic heterocycles. The number of esters is 1. The third-order valence-electron chi connectivity index (χ3n) is 6.89. The SMILES string of the molecule is CCOC(=O)c1ccc2c(C)c(-c3cc4cccc(OCc5ccccc5)c4n3CC3CC3)nn2c1. The normalized spacial score (nSPS) is 13.4. The molecule has 36 heavy (non-hydrogen) atoms. The molecule has 0 unspecified atom stereocenters. The molecule has 1 aliphatic rings. The van der Waals surface area contributed by atoms with Crippen molar-refractivity contribution in [3.63, 3.8) is 0 Å². The number of pyridine rings is 1. The van der Waals surface area contributed by atoms with Gasteiger partial charge >= 0.3 is 5.97 Å². The van der Waals surface area contributed by atoms with E-state index in [1.54, 1.807) is 16.8 Å². The van der Waals surface area contributed by atoms with Crippen LogP contribution in [-0.2, 0) is 17.9 Å². The van der Waals surface area contributed by atoms with Crippen LogP contribution < -0.4 is 4.74 Å². The monoisotopic (exact) mass is 479 g/mol. The van der Waals surface area contributed by atoms with Crippen LogP contribution in [0.1, 0.15) is 41.3 Å². The van der Waals surface area contributed by atoms with E-state index in [4.69, 9.17) is 14.6 Å². The highest BCUT2D eigenvalue weighted by atomic mass is 16.5. The van der Waals surface area contributed by atoms with Crippen molar-refractivity contribution in [3.05, 3.63) is 89.6 Å². The third-order valence-corrected chi connectivity index (χ3v) is 6.89. The first kappa shape index (κ1) is 22.4. The van der Waals surface area contributed by atoms with Crippen LogP contribution in [0.25, 0.3) is 27.8 Å². The van der Waals surface area contributed by atoms with Crippen molar-refractivity contribution < 1.29 is 14.3 Å². The lowest BCUT2D eigenvalue weighted by molar-refractivity contribution is 0.0525. The van der Waals surface area contributed by atoms with E-state index < -0.39 is 0 Å². The molecule has 0 saturated heterocycles. The maximum atomic E-state index is 12.3. The summed E-state index contributed by atoms with van der Waals surface area (Å²) in [5.41, 5.74) is 6.79. The number of nitrogens with zero attached hydrogens (tertiary/aromatic N) is 3. The van der Waals surface area contributed by atoms with E-state index in [9.17, 15) is 4.79 Å². The van der Waals surface area contributed by atoms with Crippen LogP contribution >= 0.6 is 0 Å². The minimum Gasteiger partial charge on any atom is -0.487 e. The highest BCUT2D eigenvalue weighted by Crippen LogP contribution is 2.39. The first-order chi connectivity index (χ1) is 17.6. The second kappa shape index (κ2) is 9.19. The Hall–Kier alpha value is -4.06. The summed E-state index contributed by atoms with van der Waals surface area (Å²) in [6.07, 6.45) is 4.25. The molecule has 1 fully saturated rings. The second-order valence-electron chi connectivity index (χ2n) is 9.49. The zero-order valence-electron chi connectivity index (χ0n) is 20.6. The highest BCUT2D eigenvalue weighted by molar-refractivity contribution is 5.93. The van der Waals surface area contributed by atoms with Gasteiger partial charge in [0.2, 0.25) is 0 Å². The summed E-state index contributed by atoms with van der Waals surface area (Å²) in [7, 11) is 0. The van der Waals surface area contributed by atoms with Gasteiger partial charge in [-0.05, 0) is 62.4 Å². The number of fused-ring (bicyclic) bond motifs is 2. The Balaban J connectivity index is 1.45. The molecule has 0 spiro atoms. The van der Waals surface area contributed by atoms with Crippen LogP contribution in [0.5, 0.6) is 5.75 Å². The molecule has 0 atom stereocenters. The number of aromatic nitrogens is 3. The van der Waals surface area contributed by atoms with Gasteiger partial charge in [-0.3, -0.25) is 0 Å². The van der Waals surface area contributed by atoms with Crippen LogP contribution in [0.4, 0.5) is 0 Å². The van der Waals surface area contributed by atoms with Crippen molar-refractivity contribution >= 4 is 22.4 Å². The Labute approximate surface area is 210 Å². The van der Waals surface area contributed by atoms with Gasteiger partial charge in [-0.2, -0.15) is 5.10 Å².